The lowest BCUT2D eigenvalue weighted by Gasteiger charge is -2.28. The molecule has 0 aliphatic rings. The fraction of sp³-hybridized carbons (Fsp3) is 0.250. The van der Waals surface area contributed by atoms with Gasteiger partial charge in [-0.2, -0.15) is 5.10 Å². The summed E-state index contributed by atoms with van der Waals surface area (Å²) in [6.45, 7) is 7.50. The van der Waals surface area contributed by atoms with E-state index >= 15 is 0 Å². The molecule has 0 saturated heterocycles. The summed E-state index contributed by atoms with van der Waals surface area (Å²) in [6, 6.07) is 25.8. The van der Waals surface area contributed by atoms with Crippen LogP contribution in [0.5, 0.6) is 0 Å². The molecule has 0 fully saturated rings. The molecule has 184 valence electrons. The molecule has 4 nitrogen and oxygen atoms in total. The van der Waals surface area contributed by atoms with Crippen LogP contribution in [-0.2, 0) is 6.54 Å². The van der Waals surface area contributed by atoms with Crippen molar-refractivity contribution in [3.05, 3.63) is 106 Å². The Labute approximate surface area is 223 Å². The first-order chi connectivity index (χ1) is 16.3. The Kier molecular flexibility index (Phi) is 9.40. The molecule has 1 heterocycles. The number of rotatable bonds is 8. The lowest BCUT2D eigenvalue weighted by molar-refractivity contribution is 0.0873. The summed E-state index contributed by atoms with van der Waals surface area (Å²) < 4.78 is 1.83. The molecule has 1 unspecified atom stereocenters. The summed E-state index contributed by atoms with van der Waals surface area (Å²) in [5.74, 6) is 0. The van der Waals surface area contributed by atoms with Crippen LogP contribution in [0.1, 0.15) is 36.8 Å². The van der Waals surface area contributed by atoms with Crippen LogP contribution in [0.25, 0.3) is 16.9 Å². The Morgan fingerprint density at radius 3 is 2.17 bits per heavy atom. The van der Waals surface area contributed by atoms with Crippen LogP contribution < -0.4 is 0 Å². The second kappa shape index (κ2) is 12.1. The highest BCUT2D eigenvalue weighted by molar-refractivity contribution is 6.32. The number of aromatic nitrogens is 2. The van der Waals surface area contributed by atoms with Gasteiger partial charge in [0.25, 0.3) is 0 Å². The Morgan fingerprint density at radius 1 is 0.914 bits per heavy atom. The molecule has 0 spiro atoms. The molecule has 1 N–H and O–H groups in total. The van der Waals surface area contributed by atoms with Crippen LogP contribution in [0.3, 0.4) is 0 Å². The Bertz CT molecular complexity index is 1240. The van der Waals surface area contributed by atoms with Gasteiger partial charge in [0.2, 0.25) is 0 Å². The van der Waals surface area contributed by atoms with Gasteiger partial charge >= 0.3 is 0 Å². The highest BCUT2D eigenvalue weighted by Gasteiger charge is 2.25. The van der Waals surface area contributed by atoms with Crippen molar-refractivity contribution in [3.63, 3.8) is 0 Å². The number of nitrogens with zero attached hydrogens (tertiary/aromatic N) is 3. The van der Waals surface area contributed by atoms with Crippen LogP contribution >= 0.6 is 35.6 Å². The predicted octanol–water partition coefficient (Wildman–Crippen LogP) is 7.52. The van der Waals surface area contributed by atoms with E-state index in [4.69, 9.17) is 28.3 Å². The van der Waals surface area contributed by atoms with Crippen molar-refractivity contribution in [2.45, 2.75) is 39.5 Å². The van der Waals surface area contributed by atoms with Crippen molar-refractivity contribution in [2.24, 2.45) is 0 Å². The average molecular weight is 531 g/mol. The molecule has 1 atom stereocenters. The highest BCUT2D eigenvalue weighted by Crippen LogP contribution is 2.34. The molecule has 3 aromatic carbocycles. The zero-order chi connectivity index (χ0) is 24.2. The second-order valence-corrected chi connectivity index (χ2v) is 9.60. The lowest BCUT2D eigenvalue weighted by Crippen LogP contribution is -2.34. The molecule has 0 radical (unpaired) electrons. The molecule has 4 aromatic rings. The quantitative estimate of drug-likeness (QED) is 0.256. The van der Waals surface area contributed by atoms with Crippen LogP contribution in [0.2, 0.25) is 10.0 Å². The van der Waals surface area contributed by atoms with Crippen LogP contribution in [0.15, 0.2) is 78.9 Å². The maximum absolute atomic E-state index is 11.4. The first-order valence-corrected chi connectivity index (χ1v) is 12.2. The molecular formula is C28H30Cl3N3O. The summed E-state index contributed by atoms with van der Waals surface area (Å²) in [5.41, 5.74) is 5.38. The summed E-state index contributed by atoms with van der Waals surface area (Å²) in [4.78, 5) is 2.26. The Balaban J connectivity index is 0.00000342. The number of benzene rings is 3. The van der Waals surface area contributed by atoms with Gasteiger partial charge in [0.05, 0.1) is 22.1 Å². The Hall–Kier alpha value is -2.34. The molecule has 1 aromatic heterocycles. The largest absolute Gasteiger partial charge is 0.385 e. The SMILES string of the molecule is Cc1c(C(O)CN(Cc2ccccc2)C(C)C)nn(-c2ccccc2Cl)c1-c1ccc(Cl)cc1.Cl. The number of aliphatic hydroxyl groups excluding tert-OH is 1. The third-order valence-corrected chi connectivity index (χ3v) is 6.61. The smallest absolute Gasteiger partial charge is 0.111 e. The van der Waals surface area contributed by atoms with Crippen molar-refractivity contribution < 1.29 is 5.11 Å². The molecule has 4 rings (SSSR count). The average Bonchev–Trinajstić information content (AvgIpc) is 3.17. The van der Waals surface area contributed by atoms with Gasteiger partial charge < -0.3 is 5.11 Å². The lowest BCUT2D eigenvalue weighted by atomic mass is 10.0. The zero-order valence-electron chi connectivity index (χ0n) is 20.0. The minimum Gasteiger partial charge on any atom is -0.385 e. The number of hydrogen-bond donors (Lipinski definition) is 1. The van der Waals surface area contributed by atoms with Gasteiger partial charge in [-0.15, -0.1) is 12.4 Å². The summed E-state index contributed by atoms with van der Waals surface area (Å²) >= 11 is 12.7. The number of para-hydroxylation sites is 1. The van der Waals surface area contributed by atoms with Crippen LogP contribution in [0, 0.1) is 6.92 Å². The van der Waals surface area contributed by atoms with Gasteiger partial charge in [0, 0.05) is 35.3 Å². The summed E-state index contributed by atoms with van der Waals surface area (Å²) in [7, 11) is 0. The van der Waals surface area contributed by atoms with Crippen LogP contribution in [-0.4, -0.2) is 32.4 Å². The zero-order valence-corrected chi connectivity index (χ0v) is 22.4. The van der Waals surface area contributed by atoms with E-state index in [1.807, 2.05) is 78.3 Å². The number of aliphatic hydroxyl groups is 1. The first kappa shape index (κ1) is 27.3. The van der Waals surface area contributed by atoms with E-state index in [0.29, 0.717) is 22.3 Å². The van der Waals surface area contributed by atoms with Crippen molar-refractivity contribution >= 4 is 35.6 Å². The van der Waals surface area contributed by atoms with Crippen molar-refractivity contribution in [2.75, 3.05) is 6.54 Å². The molecule has 0 aliphatic carbocycles. The van der Waals surface area contributed by atoms with Gasteiger partial charge in [-0.25, -0.2) is 4.68 Å². The van der Waals surface area contributed by atoms with E-state index in [1.54, 1.807) is 0 Å². The van der Waals surface area contributed by atoms with Gasteiger partial charge in [-0.05, 0) is 50.6 Å². The summed E-state index contributed by atoms with van der Waals surface area (Å²) in [6.07, 6.45) is -0.763. The third-order valence-electron chi connectivity index (χ3n) is 6.04. The standard InChI is InChI=1S/C28H29Cl2N3O.ClH/c1-19(2)32(17-21-9-5-4-6-10-21)18-26(34)27-20(3)28(22-13-15-23(29)16-14-22)33(31-27)25-12-8-7-11-24(25)30;/h4-16,19,26,34H,17-18H2,1-3H3;1H. The van der Waals surface area contributed by atoms with Gasteiger partial charge in [0.1, 0.15) is 6.10 Å². The van der Waals surface area contributed by atoms with E-state index in [2.05, 4.69) is 30.9 Å². The molecular weight excluding hydrogens is 501 g/mol. The molecule has 0 bridgehead atoms. The minimum absolute atomic E-state index is 0. The normalized spacial score (nSPS) is 12.1. The van der Waals surface area contributed by atoms with Crippen molar-refractivity contribution in [1.82, 2.24) is 14.7 Å². The van der Waals surface area contributed by atoms with E-state index in [-0.39, 0.29) is 18.4 Å². The van der Waals surface area contributed by atoms with Gasteiger partial charge in [-0.3, -0.25) is 4.90 Å². The molecule has 0 aliphatic heterocycles. The fourth-order valence-electron chi connectivity index (χ4n) is 4.16. The second-order valence-electron chi connectivity index (χ2n) is 8.75. The van der Waals surface area contributed by atoms with E-state index in [9.17, 15) is 5.11 Å². The highest BCUT2D eigenvalue weighted by atomic mass is 35.5. The summed E-state index contributed by atoms with van der Waals surface area (Å²) in [5, 5.41) is 17.5. The van der Waals surface area contributed by atoms with E-state index < -0.39 is 6.10 Å². The van der Waals surface area contributed by atoms with E-state index in [0.717, 1.165) is 29.1 Å². The third kappa shape index (κ3) is 6.27. The first-order valence-electron chi connectivity index (χ1n) is 11.4. The van der Waals surface area contributed by atoms with Gasteiger partial charge in [-0.1, -0.05) is 77.8 Å². The topological polar surface area (TPSA) is 41.3 Å². The monoisotopic (exact) mass is 529 g/mol. The Morgan fingerprint density at radius 2 is 1.54 bits per heavy atom. The maximum atomic E-state index is 11.4. The molecule has 35 heavy (non-hydrogen) atoms. The van der Waals surface area contributed by atoms with Crippen LogP contribution in [0.4, 0.5) is 0 Å². The number of halogens is 3. The van der Waals surface area contributed by atoms with Gasteiger partial charge in [0.15, 0.2) is 0 Å². The fourth-order valence-corrected chi connectivity index (χ4v) is 4.50. The van der Waals surface area contributed by atoms with E-state index in [1.165, 1.54) is 5.56 Å². The number of hydrogen-bond acceptors (Lipinski definition) is 3. The molecule has 7 heteroatoms. The molecule has 0 saturated carbocycles. The van der Waals surface area contributed by atoms with Crippen molar-refractivity contribution in [3.8, 4) is 16.9 Å². The maximum Gasteiger partial charge on any atom is 0.111 e. The molecule has 0 amide bonds. The minimum atomic E-state index is -0.763. The van der Waals surface area contributed by atoms with Crippen molar-refractivity contribution in [1.29, 1.82) is 0 Å². The predicted molar refractivity (Wildman–Crippen MR) is 148 cm³/mol.